The van der Waals surface area contributed by atoms with Crippen LogP contribution in [0.25, 0.3) is 0 Å². The third kappa shape index (κ3) is 2.96. The highest BCUT2D eigenvalue weighted by Crippen LogP contribution is 2.49. The van der Waals surface area contributed by atoms with E-state index in [4.69, 9.17) is 14.7 Å². The molecule has 0 aromatic heterocycles. The Kier molecular flexibility index (Phi) is 4.82. The molecule has 3 aromatic carbocycles. The van der Waals surface area contributed by atoms with E-state index in [9.17, 15) is 4.79 Å². The number of benzene rings is 3. The fraction of sp³-hybridized carbons (Fsp3) is 0.125. The van der Waals surface area contributed by atoms with Crippen molar-refractivity contribution in [1.29, 1.82) is 0 Å². The van der Waals surface area contributed by atoms with Crippen molar-refractivity contribution in [3.63, 3.8) is 0 Å². The van der Waals surface area contributed by atoms with Crippen LogP contribution < -0.4 is 9.75 Å². The van der Waals surface area contributed by atoms with Gasteiger partial charge in [0, 0.05) is 5.56 Å². The van der Waals surface area contributed by atoms with E-state index in [1.807, 2.05) is 84.9 Å². The average Bonchev–Trinajstić information content (AvgIpc) is 3.32. The predicted molar refractivity (Wildman–Crippen MR) is 123 cm³/mol. The first-order valence-corrected chi connectivity index (χ1v) is 10.5. The zero-order valence-corrected chi connectivity index (χ0v) is 18.2. The lowest BCUT2D eigenvalue weighted by molar-refractivity contribution is -0.144. The summed E-state index contributed by atoms with van der Waals surface area (Å²) < 4.78 is 5.92. The summed E-state index contributed by atoms with van der Waals surface area (Å²) in [6, 6.07) is 26.8. The lowest BCUT2D eigenvalue weighted by atomic mass is 9.75. The van der Waals surface area contributed by atoms with Crippen molar-refractivity contribution in [2.45, 2.75) is 11.5 Å². The number of carbonyl (C=O) groups is 1. The van der Waals surface area contributed by atoms with Gasteiger partial charge in [-0.15, -0.1) is 0 Å². The number of halogens is 1. The van der Waals surface area contributed by atoms with Crippen LogP contribution >= 0.6 is 15.9 Å². The highest BCUT2D eigenvalue weighted by atomic mass is 79.9. The molecular weight excluding hydrogens is 458 g/mol. The Bertz CT molecular complexity index is 1180. The Morgan fingerprint density at radius 3 is 2.26 bits per heavy atom. The Morgan fingerprint density at radius 2 is 1.61 bits per heavy atom. The van der Waals surface area contributed by atoms with Crippen LogP contribution in [0.3, 0.4) is 0 Å². The minimum absolute atomic E-state index is 0.465. The van der Waals surface area contributed by atoms with Crippen LogP contribution in [0.5, 0.6) is 5.75 Å². The summed E-state index contributed by atoms with van der Waals surface area (Å²) in [7, 11) is 1.62. The number of methoxy groups -OCH3 is 1. The van der Waals surface area contributed by atoms with Crippen LogP contribution in [0.2, 0.25) is 0 Å². The molecular formula is C24H18BrN3O3. The number of anilines is 1. The largest absolute Gasteiger partial charge is 0.497 e. The quantitative estimate of drug-likeness (QED) is 0.512. The smallest absolute Gasteiger partial charge is 0.369 e. The first kappa shape index (κ1) is 19.5. The van der Waals surface area contributed by atoms with Crippen LogP contribution in [-0.4, -0.2) is 29.0 Å². The first-order chi connectivity index (χ1) is 15.2. The zero-order valence-electron chi connectivity index (χ0n) is 16.6. The van der Waals surface area contributed by atoms with Crippen molar-refractivity contribution in [2.75, 3.05) is 12.1 Å². The molecule has 2 heterocycles. The molecule has 0 saturated heterocycles. The molecule has 0 fully saturated rings. The summed E-state index contributed by atoms with van der Waals surface area (Å²) in [4.78, 5) is 18.9. The van der Waals surface area contributed by atoms with E-state index in [1.54, 1.807) is 12.1 Å². The minimum Gasteiger partial charge on any atom is -0.497 e. The van der Waals surface area contributed by atoms with Crippen LogP contribution in [0.15, 0.2) is 95.2 Å². The highest BCUT2D eigenvalue weighted by Gasteiger charge is 2.65. The maximum absolute atomic E-state index is 13.5. The molecule has 2 aliphatic heterocycles. The van der Waals surface area contributed by atoms with Gasteiger partial charge in [0.15, 0.2) is 0 Å². The third-order valence-electron chi connectivity index (χ3n) is 5.57. The highest BCUT2D eigenvalue weighted by molar-refractivity contribution is 9.18. The van der Waals surface area contributed by atoms with Crippen LogP contribution in [0, 0.1) is 0 Å². The van der Waals surface area contributed by atoms with E-state index in [1.165, 1.54) is 0 Å². The minimum atomic E-state index is -1.30. The molecule has 6 nitrogen and oxygen atoms in total. The second-order valence-electron chi connectivity index (χ2n) is 7.23. The van der Waals surface area contributed by atoms with Gasteiger partial charge in [0.1, 0.15) is 16.1 Å². The van der Waals surface area contributed by atoms with Crippen molar-refractivity contribution in [3.05, 3.63) is 96.1 Å². The molecule has 31 heavy (non-hydrogen) atoms. The van der Waals surface area contributed by atoms with Crippen molar-refractivity contribution < 1.29 is 14.4 Å². The maximum Gasteiger partial charge on any atom is 0.369 e. The van der Waals surface area contributed by atoms with E-state index in [2.05, 4.69) is 21.1 Å². The van der Waals surface area contributed by atoms with Gasteiger partial charge in [-0.05, 0) is 45.8 Å². The predicted octanol–water partition coefficient (Wildman–Crippen LogP) is 4.71. The summed E-state index contributed by atoms with van der Waals surface area (Å²) >= 11 is 3.64. The Labute approximate surface area is 187 Å². The molecule has 3 aromatic rings. The molecule has 0 amide bonds. The SMILES string of the molecule is COc1ccc(C2C(Br)=NN(c3ccccc3)C23C(=O)ON=C3c2ccccc2)cc1. The fourth-order valence-electron chi connectivity index (χ4n) is 4.17. The van der Waals surface area contributed by atoms with Crippen LogP contribution in [0.4, 0.5) is 5.69 Å². The van der Waals surface area contributed by atoms with Crippen molar-refractivity contribution in [1.82, 2.24) is 0 Å². The molecule has 154 valence electrons. The summed E-state index contributed by atoms with van der Waals surface area (Å²) in [5.41, 5.74) is 1.66. The number of nitrogens with zero attached hydrogens (tertiary/aromatic N) is 3. The van der Waals surface area contributed by atoms with Crippen molar-refractivity contribution >= 4 is 37.9 Å². The van der Waals surface area contributed by atoms with Crippen LogP contribution in [-0.2, 0) is 9.63 Å². The second kappa shape index (κ2) is 7.67. The monoisotopic (exact) mass is 475 g/mol. The van der Waals surface area contributed by atoms with Gasteiger partial charge in [-0.25, -0.2) is 9.80 Å². The standard InChI is InChI=1S/C24H18BrN3O3/c1-30-19-14-12-16(13-15-19)20-22(25)26-28(18-10-6-3-7-11-18)24(20)21(27-31-23(24)29)17-8-4-2-5-9-17/h2-15,20H,1H3. The number of ether oxygens (including phenoxy) is 1. The molecule has 0 saturated carbocycles. The normalized spacial score (nSPS) is 22.3. The Morgan fingerprint density at radius 1 is 0.968 bits per heavy atom. The van der Waals surface area contributed by atoms with Gasteiger partial charge >= 0.3 is 5.97 Å². The number of rotatable bonds is 4. The third-order valence-corrected chi connectivity index (χ3v) is 6.19. The number of hydrogen-bond donors (Lipinski definition) is 0. The van der Waals surface area contributed by atoms with Crippen molar-refractivity contribution in [3.8, 4) is 5.75 Å². The Hall–Kier alpha value is -3.45. The van der Waals surface area contributed by atoms with E-state index in [0.29, 0.717) is 10.3 Å². The van der Waals surface area contributed by atoms with E-state index >= 15 is 0 Å². The van der Waals surface area contributed by atoms with Gasteiger partial charge < -0.3 is 9.57 Å². The lowest BCUT2D eigenvalue weighted by Gasteiger charge is -2.35. The van der Waals surface area contributed by atoms with E-state index in [0.717, 1.165) is 22.6 Å². The molecule has 2 aliphatic rings. The number of para-hydroxylation sites is 1. The van der Waals surface area contributed by atoms with Crippen LogP contribution in [0.1, 0.15) is 17.0 Å². The molecule has 1 spiro atoms. The summed E-state index contributed by atoms with van der Waals surface area (Å²) in [5, 5.41) is 10.7. The van der Waals surface area contributed by atoms with Crippen molar-refractivity contribution in [2.24, 2.45) is 10.3 Å². The average molecular weight is 476 g/mol. The Balaban J connectivity index is 1.75. The molecule has 5 rings (SSSR count). The molecule has 0 radical (unpaired) electrons. The molecule has 2 atom stereocenters. The molecule has 0 N–H and O–H groups in total. The van der Waals surface area contributed by atoms with Gasteiger partial charge in [-0.2, -0.15) is 5.10 Å². The van der Waals surface area contributed by atoms with Gasteiger partial charge in [-0.3, -0.25) is 0 Å². The first-order valence-electron chi connectivity index (χ1n) is 9.75. The molecule has 0 bridgehead atoms. The topological polar surface area (TPSA) is 63.5 Å². The molecule has 7 heteroatoms. The van der Waals surface area contributed by atoms with Gasteiger partial charge in [0.2, 0.25) is 5.54 Å². The molecule has 2 unspecified atom stereocenters. The number of hydrogen-bond acceptors (Lipinski definition) is 6. The number of hydrazone groups is 1. The summed E-state index contributed by atoms with van der Waals surface area (Å²) in [5.74, 6) is -0.212. The van der Waals surface area contributed by atoms with E-state index < -0.39 is 17.4 Å². The fourth-order valence-corrected chi connectivity index (χ4v) is 4.92. The van der Waals surface area contributed by atoms with Gasteiger partial charge in [0.25, 0.3) is 0 Å². The lowest BCUT2D eigenvalue weighted by Crippen LogP contribution is -2.58. The zero-order chi connectivity index (χ0) is 21.4. The number of carbonyl (C=O) groups excluding carboxylic acids is 1. The summed E-state index contributed by atoms with van der Waals surface area (Å²) in [6.45, 7) is 0. The second-order valence-corrected chi connectivity index (χ2v) is 8.04. The summed E-state index contributed by atoms with van der Waals surface area (Å²) in [6.07, 6.45) is 0. The number of oxime groups is 1. The maximum atomic E-state index is 13.5. The van der Waals surface area contributed by atoms with E-state index in [-0.39, 0.29) is 0 Å². The van der Waals surface area contributed by atoms with Gasteiger partial charge in [-0.1, -0.05) is 65.8 Å². The molecule has 0 aliphatic carbocycles. The van der Waals surface area contributed by atoms with Gasteiger partial charge in [0.05, 0.1) is 18.7 Å².